The number of likely N-dealkylation sites (tertiary alicyclic amines) is 1. The Kier molecular flexibility index (Phi) is 3.67. The van der Waals surface area contributed by atoms with Gasteiger partial charge in [-0.3, -0.25) is 4.98 Å². The fourth-order valence-electron chi connectivity index (χ4n) is 4.95. The van der Waals surface area contributed by atoms with Crippen LogP contribution in [-0.2, 0) is 6.42 Å². The number of fused-ring (bicyclic) bond motifs is 1. The van der Waals surface area contributed by atoms with Crippen molar-refractivity contribution in [3.63, 3.8) is 0 Å². The molecule has 0 N–H and O–H groups in total. The van der Waals surface area contributed by atoms with Gasteiger partial charge < -0.3 is 14.7 Å². The molecule has 5 rings (SSSR count). The third kappa shape index (κ3) is 2.68. The van der Waals surface area contributed by atoms with Gasteiger partial charge in [-0.05, 0) is 38.3 Å². The molecule has 2 fully saturated rings. The van der Waals surface area contributed by atoms with Crippen molar-refractivity contribution in [3.8, 4) is 0 Å². The highest BCUT2D eigenvalue weighted by molar-refractivity contribution is 5.61. The van der Waals surface area contributed by atoms with Crippen LogP contribution in [0, 0.1) is 12.3 Å². The second-order valence-corrected chi connectivity index (χ2v) is 8.58. The lowest BCUT2D eigenvalue weighted by Crippen LogP contribution is -2.72. The Labute approximate surface area is 161 Å². The molecule has 27 heavy (non-hydrogen) atoms. The lowest BCUT2D eigenvalue weighted by atomic mass is 9.73. The van der Waals surface area contributed by atoms with Crippen LogP contribution in [0.4, 0.5) is 11.5 Å². The minimum absolute atomic E-state index is 0.398. The molecule has 0 radical (unpaired) electrons. The molecule has 1 spiro atoms. The van der Waals surface area contributed by atoms with E-state index >= 15 is 0 Å². The Hall–Kier alpha value is -2.56. The molecule has 3 aliphatic heterocycles. The van der Waals surface area contributed by atoms with Crippen LogP contribution in [0.2, 0.25) is 0 Å². The summed E-state index contributed by atoms with van der Waals surface area (Å²) in [5.41, 5.74) is 4.55. The summed E-state index contributed by atoms with van der Waals surface area (Å²) in [4.78, 5) is 15.9. The summed E-state index contributed by atoms with van der Waals surface area (Å²) in [5, 5.41) is 0. The largest absolute Gasteiger partial charge is 0.357 e. The highest BCUT2D eigenvalue weighted by Crippen LogP contribution is 2.44. The van der Waals surface area contributed by atoms with Crippen LogP contribution in [0.3, 0.4) is 0 Å². The average Bonchev–Trinajstić information content (AvgIpc) is 2.60. The summed E-state index contributed by atoms with van der Waals surface area (Å²) in [6.07, 6.45) is 7.71. The maximum absolute atomic E-state index is 4.49. The molecule has 3 aliphatic rings. The van der Waals surface area contributed by atoms with E-state index in [-0.39, 0.29) is 0 Å². The lowest BCUT2D eigenvalue weighted by molar-refractivity contribution is 0.000679. The first kappa shape index (κ1) is 16.6. The fraction of sp³-hybridized carbons (Fsp3) is 0.455. The van der Waals surface area contributed by atoms with Crippen LogP contribution in [0.25, 0.3) is 0 Å². The standard InChI is InChI=1S/C22H27N5/c1-16-4-7-20-19(10-16)6-5-17(2)27(20)18(3)25-12-22(13-25)14-26(15-22)21-11-23-8-9-24-21/h4,7-11,17H,3,5-6,12-15H2,1-2H3. The zero-order valence-electron chi connectivity index (χ0n) is 16.2. The van der Waals surface area contributed by atoms with Gasteiger partial charge in [-0.15, -0.1) is 0 Å². The van der Waals surface area contributed by atoms with Crippen molar-refractivity contribution in [1.82, 2.24) is 14.9 Å². The molecular weight excluding hydrogens is 334 g/mol. The molecule has 2 saturated heterocycles. The van der Waals surface area contributed by atoms with Gasteiger partial charge in [-0.2, -0.15) is 0 Å². The van der Waals surface area contributed by atoms with Crippen LogP contribution in [-0.4, -0.2) is 47.1 Å². The van der Waals surface area contributed by atoms with E-state index in [1.807, 2.05) is 6.20 Å². The summed E-state index contributed by atoms with van der Waals surface area (Å²) in [6.45, 7) is 13.3. The highest BCUT2D eigenvalue weighted by atomic mass is 15.4. The van der Waals surface area contributed by atoms with E-state index in [1.165, 1.54) is 29.7 Å². The minimum atomic E-state index is 0.398. The third-order valence-electron chi connectivity index (χ3n) is 6.39. The summed E-state index contributed by atoms with van der Waals surface area (Å²) in [5.74, 6) is 2.16. The Morgan fingerprint density at radius 3 is 2.74 bits per heavy atom. The SMILES string of the molecule is C=C(N1CC2(C1)CN(c1cnccn1)C2)N1c2ccc(C)cc2CCC1C. The smallest absolute Gasteiger partial charge is 0.147 e. The summed E-state index contributed by atoms with van der Waals surface area (Å²) in [7, 11) is 0. The molecule has 0 amide bonds. The summed E-state index contributed by atoms with van der Waals surface area (Å²) < 4.78 is 0. The zero-order chi connectivity index (χ0) is 18.6. The van der Waals surface area contributed by atoms with E-state index in [0.717, 1.165) is 37.8 Å². The molecule has 5 nitrogen and oxygen atoms in total. The predicted molar refractivity (Wildman–Crippen MR) is 109 cm³/mol. The summed E-state index contributed by atoms with van der Waals surface area (Å²) in [6, 6.07) is 7.34. The molecular formula is C22H27N5. The van der Waals surface area contributed by atoms with Crippen molar-refractivity contribution in [2.45, 2.75) is 32.7 Å². The Balaban J connectivity index is 1.26. The molecule has 2 aromatic rings. The van der Waals surface area contributed by atoms with Crippen LogP contribution in [0.5, 0.6) is 0 Å². The van der Waals surface area contributed by atoms with Gasteiger partial charge in [0.05, 0.1) is 6.20 Å². The van der Waals surface area contributed by atoms with Gasteiger partial charge in [0, 0.05) is 55.7 Å². The van der Waals surface area contributed by atoms with E-state index in [0.29, 0.717) is 11.5 Å². The Morgan fingerprint density at radius 2 is 2.00 bits per heavy atom. The number of rotatable bonds is 3. The molecule has 1 atom stereocenters. The first-order valence-electron chi connectivity index (χ1n) is 9.88. The van der Waals surface area contributed by atoms with Crippen LogP contribution in [0.15, 0.2) is 49.2 Å². The number of nitrogens with zero attached hydrogens (tertiary/aromatic N) is 5. The monoisotopic (exact) mass is 361 g/mol. The first-order chi connectivity index (χ1) is 13.0. The van der Waals surface area contributed by atoms with Gasteiger partial charge in [-0.1, -0.05) is 24.3 Å². The summed E-state index contributed by atoms with van der Waals surface area (Å²) >= 11 is 0. The second-order valence-electron chi connectivity index (χ2n) is 8.58. The Morgan fingerprint density at radius 1 is 1.19 bits per heavy atom. The normalized spacial score (nSPS) is 22.9. The maximum Gasteiger partial charge on any atom is 0.147 e. The minimum Gasteiger partial charge on any atom is -0.357 e. The van der Waals surface area contributed by atoms with Crippen molar-refractivity contribution in [2.75, 3.05) is 36.0 Å². The van der Waals surface area contributed by atoms with Crippen LogP contribution < -0.4 is 9.80 Å². The van der Waals surface area contributed by atoms with Crippen molar-refractivity contribution < 1.29 is 0 Å². The first-order valence-corrected chi connectivity index (χ1v) is 9.88. The number of benzene rings is 1. The topological polar surface area (TPSA) is 35.5 Å². The zero-order valence-corrected chi connectivity index (χ0v) is 16.2. The number of hydrogen-bond donors (Lipinski definition) is 0. The van der Waals surface area contributed by atoms with Gasteiger partial charge >= 0.3 is 0 Å². The molecule has 0 aliphatic carbocycles. The van der Waals surface area contributed by atoms with E-state index in [9.17, 15) is 0 Å². The van der Waals surface area contributed by atoms with Crippen LogP contribution in [0.1, 0.15) is 24.5 Å². The average molecular weight is 361 g/mol. The number of aromatic nitrogens is 2. The lowest BCUT2D eigenvalue weighted by Gasteiger charge is -2.62. The van der Waals surface area contributed by atoms with Crippen molar-refractivity contribution in [3.05, 3.63) is 60.3 Å². The maximum atomic E-state index is 4.49. The predicted octanol–water partition coefficient (Wildman–Crippen LogP) is 3.22. The van der Waals surface area contributed by atoms with Gasteiger partial charge in [0.1, 0.15) is 11.6 Å². The van der Waals surface area contributed by atoms with Crippen molar-refractivity contribution in [1.29, 1.82) is 0 Å². The molecule has 0 bridgehead atoms. The molecule has 0 saturated carbocycles. The van der Waals surface area contributed by atoms with E-state index in [2.05, 4.69) is 63.3 Å². The van der Waals surface area contributed by atoms with Crippen LogP contribution >= 0.6 is 0 Å². The van der Waals surface area contributed by atoms with Gasteiger partial charge in [0.25, 0.3) is 0 Å². The molecule has 4 heterocycles. The third-order valence-corrected chi connectivity index (χ3v) is 6.39. The quantitative estimate of drug-likeness (QED) is 0.839. The van der Waals surface area contributed by atoms with E-state index in [1.54, 1.807) is 12.4 Å². The van der Waals surface area contributed by atoms with Crippen molar-refractivity contribution >= 4 is 11.5 Å². The van der Waals surface area contributed by atoms with E-state index < -0.39 is 0 Å². The molecule has 140 valence electrons. The van der Waals surface area contributed by atoms with Gasteiger partial charge in [-0.25, -0.2) is 4.98 Å². The fourth-order valence-corrected chi connectivity index (χ4v) is 4.95. The number of anilines is 2. The molecule has 5 heteroatoms. The second kappa shape index (κ2) is 5.98. The Bertz CT molecular complexity index is 864. The molecule has 1 aromatic heterocycles. The van der Waals surface area contributed by atoms with Gasteiger partial charge in [0.15, 0.2) is 0 Å². The highest BCUT2D eigenvalue weighted by Gasteiger charge is 2.53. The number of hydrogen-bond acceptors (Lipinski definition) is 5. The number of aryl methyl sites for hydroxylation is 2. The van der Waals surface area contributed by atoms with Gasteiger partial charge in [0.2, 0.25) is 0 Å². The molecule has 1 unspecified atom stereocenters. The molecule has 1 aromatic carbocycles. The van der Waals surface area contributed by atoms with E-state index in [4.69, 9.17) is 0 Å². The van der Waals surface area contributed by atoms with Crippen molar-refractivity contribution in [2.24, 2.45) is 5.41 Å².